The lowest BCUT2D eigenvalue weighted by atomic mass is 9.94. The molecule has 37 heavy (non-hydrogen) atoms. The van der Waals surface area contributed by atoms with Gasteiger partial charge in [-0.1, -0.05) is 35.3 Å². The number of hydrogen-bond donors (Lipinski definition) is 1. The van der Waals surface area contributed by atoms with Crippen LogP contribution in [0.3, 0.4) is 0 Å². The Bertz CT molecular complexity index is 1380. The predicted molar refractivity (Wildman–Crippen MR) is 133 cm³/mol. The van der Waals surface area contributed by atoms with Crippen LogP contribution in [-0.4, -0.2) is 46.8 Å². The van der Waals surface area contributed by atoms with E-state index in [9.17, 15) is 22.4 Å². The number of aromatic nitrogens is 2. The van der Waals surface area contributed by atoms with E-state index in [0.717, 1.165) is 16.4 Å². The summed E-state index contributed by atoms with van der Waals surface area (Å²) in [6.45, 7) is 3.37. The highest BCUT2D eigenvalue weighted by molar-refractivity contribution is 6.42. The Kier molecular flexibility index (Phi) is 6.57. The molecule has 0 radical (unpaired) electrons. The maximum atomic E-state index is 13.9. The molecule has 2 aliphatic rings. The first kappa shape index (κ1) is 25.4. The smallest absolute Gasteiger partial charge is 0.368 e. The Labute approximate surface area is 220 Å². The molecule has 0 saturated carbocycles. The van der Waals surface area contributed by atoms with Gasteiger partial charge in [0, 0.05) is 49.2 Å². The molecule has 0 spiro atoms. The number of carbonyl (C=O) groups excluding carboxylic acids is 1. The SMILES string of the molecule is CC1=C(C(=O)N2CCN(c3ccc(F)cc3)CC2)[C@@H](c2cccc(Cl)c2Cl)n2nc(C(F)(F)F)cc2N1. The number of hydrogen-bond acceptors (Lipinski definition) is 4. The average molecular weight is 554 g/mol. The number of benzene rings is 2. The number of fused-ring (bicyclic) bond motifs is 1. The summed E-state index contributed by atoms with van der Waals surface area (Å²) in [7, 11) is 0. The summed E-state index contributed by atoms with van der Waals surface area (Å²) in [6, 6.07) is 10.8. The molecule has 2 aromatic carbocycles. The molecule has 2 aliphatic heterocycles. The Morgan fingerprint density at radius 3 is 2.38 bits per heavy atom. The van der Waals surface area contributed by atoms with Crippen LogP contribution in [0.2, 0.25) is 10.0 Å². The Morgan fingerprint density at radius 2 is 1.73 bits per heavy atom. The van der Waals surface area contributed by atoms with Gasteiger partial charge in [0.1, 0.15) is 17.7 Å². The van der Waals surface area contributed by atoms with Gasteiger partial charge in [0.2, 0.25) is 0 Å². The number of anilines is 2. The van der Waals surface area contributed by atoms with Crippen LogP contribution in [0.4, 0.5) is 29.1 Å². The van der Waals surface area contributed by atoms with Crippen LogP contribution in [-0.2, 0) is 11.0 Å². The van der Waals surface area contributed by atoms with E-state index in [1.54, 1.807) is 42.2 Å². The largest absolute Gasteiger partial charge is 0.435 e. The Balaban J connectivity index is 1.49. The molecule has 194 valence electrons. The summed E-state index contributed by atoms with van der Waals surface area (Å²) in [6.07, 6.45) is -4.68. The lowest BCUT2D eigenvalue weighted by Gasteiger charge is -2.38. The van der Waals surface area contributed by atoms with E-state index in [4.69, 9.17) is 23.2 Å². The number of rotatable bonds is 3. The van der Waals surface area contributed by atoms with Crippen LogP contribution in [0.15, 0.2) is 59.8 Å². The van der Waals surface area contributed by atoms with Gasteiger partial charge < -0.3 is 15.1 Å². The van der Waals surface area contributed by atoms with Crippen molar-refractivity contribution >= 4 is 40.6 Å². The number of nitrogens with zero attached hydrogens (tertiary/aromatic N) is 4. The van der Waals surface area contributed by atoms with E-state index < -0.39 is 17.9 Å². The lowest BCUT2D eigenvalue weighted by molar-refractivity contribution is -0.141. The molecule has 0 aliphatic carbocycles. The Morgan fingerprint density at radius 1 is 1.05 bits per heavy atom. The van der Waals surface area contributed by atoms with Crippen LogP contribution >= 0.6 is 23.2 Å². The topological polar surface area (TPSA) is 53.4 Å². The lowest BCUT2D eigenvalue weighted by Crippen LogP contribution is -2.50. The van der Waals surface area contributed by atoms with Gasteiger partial charge in [-0.15, -0.1) is 0 Å². The molecule has 1 atom stereocenters. The molecule has 1 aromatic heterocycles. The van der Waals surface area contributed by atoms with Crippen molar-refractivity contribution in [2.75, 3.05) is 36.4 Å². The monoisotopic (exact) mass is 553 g/mol. The van der Waals surface area contributed by atoms with Crippen LogP contribution in [0.5, 0.6) is 0 Å². The van der Waals surface area contributed by atoms with Crippen molar-refractivity contribution in [1.29, 1.82) is 0 Å². The second kappa shape index (κ2) is 9.57. The minimum Gasteiger partial charge on any atom is -0.368 e. The van der Waals surface area contributed by atoms with Crippen LogP contribution in [0.1, 0.15) is 24.2 Å². The molecule has 0 unspecified atom stereocenters. The number of alkyl halides is 3. The van der Waals surface area contributed by atoms with Gasteiger partial charge >= 0.3 is 6.18 Å². The van der Waals surface area contributed by atoms with Gasteiger partial charge in [-0.2, -0.15) is 18.3 Å². The zero-order valence-corrected chi connectivity index (χ0v) is 21.0. The standard InChI is InChI=1S/C25H21Cl2F4N5O/c1-14-21(24(37)35-11-9-34(10-12-35)16-7-5-15(28)6-8-16)23(17-3-2-4-18(26)22(17)27)36-20(32-14)13-19(33-36)25(29,30)31/h2-8,13,23,32H,9-12H2,1H3/t23-/m1/s1. The number of amides is 1. The third-order valence-electron chi connectivity index (χ3n) is 6.53. The molecule has 1 saturated heterocycles. The number of nitrogens with one attached hydrogen (secondary N) is 1. The van der Waals surface area contributed by atoms with Gasteiger partial charge in [0.15, 0.2) is 5.69 Å². The van der Waals surface area contributed by atoms with Gasteiger partial charge in [-0.25, -0.2) is 9.07 Å². The van der Waals surface area contributed by atoms with Crippen molar-refractivity contribution in [3.05, 3.63) is 86.9 Å². The average Bonchev–Trinajstić information content (AvgIpc) is 3.30. The number of piperazine rings is 1. The highest BCUT2D eigenvalue weighted by Crippen LogP contribution is 2.43. The van der Waals surface area contributed by atoms with E-state index in [0.29, 0.717) is 37.4 Å². The normalized spacial score (nSPS) is 18.1. The Hall–Kier alpha value is -3.24. The van der Waals surface area contributed by atoms with Crippen molar-refractivity contribution in [1.82, 2.24) is 14.7 Å². The van der Waals surface area contributed by atoms with Gasteiger partial charge in [0.25, 0.3) is 5.91 Å². The molecule has 12 heteroatoms. The molecule has 1 amide bonds. The highest BCUT2D eigenvalue weighted by atomic mass is 35.5. The fourth-order valence-electron chi connectivity index (χ4n) is 4.70. The maximum absolute atomic E-state index is 13.9. The summed E-state index contributed by atoms with van der Waals surface area (Å²) in [4.78, 5) is 17.5. The van der Waals surface area contributed by atoms with Gasteiger partial charge in [-0.05, 0) is 37.3 Å². The molecule has 1 N–H and O–H groups in total. The molecule has 5 rings (SSSR count). The summed E-state index contributed by atoms with van der Waals surface area (Å²) in [5.41, 5.74) is 0.735. The second-order valence-electron chi connectivity index (χ2n) is 8.82. The zero-order chi connectivity index (χ0) is 26.5. The van der Waals surface area contributed by atoms with E-state index in [2.05, 4.69) is 10.4 Å². The third-order valence-corrected chi connectivity index (χ3v) is 7.36. The molecule has 3 aromatic rings. The van der Waals surface area contributed by atoms with Gasteiger partial charge in [-0.3, -0.25) is 4.79 Å². The number of halogens is 6. The minimum absolute atomic E-state index is 0.0866. The van der Waals surface area contributed by atoms with Crippen LogP contribution in [0, 0.1) is 5.82 Å². The minimum atomic E-state index is -4.68. The van der Waals surface area contributed by atoms with E-state index in [1.165, 1.54) is 12.1 Å². The second-order valence-corrected chi connectivity index (χ2v) is 9.61. The third kappa shape index (κ3) is 4.75. The first-order valence-corrected chi connectivity index (χ1v) is 12.2. The molecule has 1 fully saturated rings. The summed E-state index contributed by atoms with van der Waals surface area (Å²) in [5, 5.41) is 7.05. The van der Waals surface area contributed by atoms with E-state index in [1.807, 2.05) is 4.90 Å². The van der Waals surface area contributed by atoms with Crippen LogP contribution < -0.4 is 10.2 Å². The molecule has 0 bridgehead atoms. The van der Waals surface area contributed by atoms with E-state index in [-0.39, 0.29) is 33.2 Å². The quantitative estimate of drug-likeness (QED) is 0.405. The number of carbonyl (C=O) groups is 1. The van der Waals surface area contributed by atoms with Crippen molar-refractivity contribution in [3.63, 3.8) is 0 Å². The summed E-state index contributed by atoms with van der Waals surface area (Å²) >= 11 is 12.7. The summed E-state index contributed by atoms with van der Waals surface area (Å²) in [5.74, 6) is -0.592. The van der Waals surface area contributed by atoms with Gasteiger partial charge in [0.05, 0.1) is 15.6 Å². The fourth-order valence-corrected chi connectivity index (χ4v) is 5.11. The summed E-state index contributed by atoms with van der Waals surface area (Å²) < 4.78 is 55.0. The highest BCUT2D eigenvalue weighted by Gasteiger charge is 2.41. The van der Waals surface area contributed by atoms with Crippen molar-refractivity contribution in [2.24, 2.45) is 0 Å². The molecular formula is C25H21Cl2F4N5O. The maximum Gasteiger partial charge on any atom is 0.435 e. The van der Waals surface area contributed by atoms with E-state index >= 15 is 0 Å². The zero-order valence-electron chi connectivity index (χ0n) is 19.5. The molecule has 3 heterocycles. The molecule has 6 nitrogen and oxygen atoms in total. The predicted octanol–water partition coefficient (Wildman–Crippen LogP) is 5.99. The van der Waals surface area contributed by atoms with Crippen molar-refractivity contribution < 1.29 is 22.4 Å². The number of allylic oxidation sites excluding steroid dienone is 1. The fraction of sp³-hybridized carbons (Fsp3) is 0.280. The first-order valence-electron chi connectivity index (χ1n) is 11.4. The van der Waals surface area contributed by atoms with Crippen molar-refractivity contribution in [3.8, 4) is 0 Å². The first-order chi connectivity index (χ1) is 17.5. The van der Waals surface area contributed by atoms with Crippen LogP contribution in [0.25, 0.3) is 0 Å². The van der Waals surface area contributed by atoms with Crippen molar-refractivity contribution in [2.45, 2.75) is 19.1 Å². The molecular weight excluding hydrogens is 533 g/mol.